The Kier molecular flexibility index (Phi) is 4.90. The van der Waals surface area contributed by atoms with Crippen molar-refractivity contribution < 1.29 is 9.72 Å². The predicted octanol–water partition coefficient (Wildman–Crippen LogP) is 3.10. The van der Waals surface area contributed by atoms with Gasteiger partial charge in [-0.05, 0) is 23.9 Å². The van der Waals surface area contributed by atoms with Crippen molar-refractivity contribution >= 4 is 5.78 Å². The van der Waals surface area contributed by atoms with Gasteiger partial charge in [-0.15, -0.1) is 0 Å². The first-order valence-electron chi connectivity index (χ1n) is 6.85. The quantitative estimate of drug-likeness (QED) is 0.273. The van der Waals surface area contributed by atoms with E-state index < -0.39 is 11.8 Å². The van der Waals surface area contributed by atoms with Gasteiger partial charge in [-0.2, -0.15) is 0 Å². The van der Waals surface area contributed by atoms with E-state index >= 15 is 0 Å². The van der Waals surface area contributed by atoms with E-state index in [9.17, 15) is 14.9 Å². The molecule has 1 aliphatic rings. The number of Topliss-reactive ketones (excluding diaryl/α,β-unsaturated/α-hetero) is 1. The van der Waals surface area contributed by atoms with Crippen LogP contribution in [0.2, 0.25) is 0 Å². The number of hydrogen-bond donors (Lipinski definition) is 0. The van der Waals surface area contributed by atoms with Crippen LogP contribution >= 0.6 is 0 Å². The highest BCUT2D eigenvalue weighted by Crippen LogP contribution is 2.35. The Labute approximate surface area is 121 Å². The van der Waals surface area contributed by atoms with Crippen LogP contribution < -0.4 is 0 Å². The fraction of sp³-hybridized carbons (Fsp3) is 0.500. The van der Waals surface area contributed by atoms with Gasteiger partial charge >= 0.3 is 0 Å². The molecule has 110 valence electrons. The Hall–Kier alpha value is -2.40. The van der Waals surface area contributed by atoms with E-state index in [0.29, 0.717) is 19.3 Å². The highest BCUT2D eigenvalue weighted by Gasteiger charge is 2.37. The standard InChI is InChI=1S/C14H16N4O3/c15-17-16-11-6-7-14(19)12(8-11)13(9-18(20)21)10-4-2-1-3-5-10/h1-5,11-13H,6-9H2/t11-,12-,13-/m0/s1. The summed E-state index contributed by atoms with van der Waals surface area (Å²) in [6, 6.07) is 8.80. The zero-order valence-electron chi connectivity index (χ0n) is 11.5. The lowest BCUT2D eigenvalue weighted by atomic mass is 9.74. The molecule has 1 aliphatic carbocycles. The van der Waals surface area contributed by atoms with Crippen LogP contribution in [0, 0.1) is 16.0 Å². The number of rotatable bonds is 5. The Balaban J connectivity index is 2.28. The van der Waals surface area contributed by atoms with Crippen LogP contribution in [0.5, 0.6) is 0 Å². The fourth-order valence-electron chi connectivity index (χ4n) is 2.93. The molecule has 1 aromatic carbocycles. The molecule has 1 fully saturated rings. The molecular weight excluding hydrogens is 272 g/mol. The molecule has 0 amide bonds. The maximum absolute atomic E-state index is 12.2. The number of nitrogens with zero attached hydrogens (tertiary/aromatic N) is 4. The van der Waals surface area contributed by atoms with Crippen LogP contribution in [0.15, 0.2) is 35.4 Å². The van der Waals surface area contributed by atoms with Gasteiger partial charge in [0.2, 0.25) is 6.54 Å². The van der Waals surface area contributed by atoms with Gasteiger partial charge in [0.1, 0.15) is 5.78 Å². The molecule has 1 aromatic rings. The molecule has 2 rings (SSSR count). The molecule has 7 heteroatoms. The maximum atomic E-state index is 12.2. The molecule has 0 aromatic heterocycles. The highest BCUT2D eigenvalue weighted by atomic mass is 16.6. The minimum absolute atomic E-state index is 0.0232. The third kappa shape index (κ3) is 3.79. The van der Waals surface area contributed by atoms with Gasteiger partial charge in [0, 0.05) is 28.2 Å². The number of ketones is 1. The second-order valence-corrected chi connectivity index (χ2v) is 5.24. The Morgan fingerprint density at radius 2 is 2.14 bits per heavy atom. The third-order valence-electron chi connectivity index (χ3n) is 3.94. The van der Waals surface area contributed by atoms with E-state index in [0.717, 1.165) is 5.56 Å². The monoisotopic (exact) mass is 288 g/mol. The minimum atomic E-state index is -0.467. The lowest BCUT2D eigenvalue weighted by molar-refractivity contribution is -0.484. The Morgan fingerprint density at radius 1 is 1.43 bits per heavy atom. The van der Waals surface area contributed by atoms with Crippen molar-refractivity contribution in [2.75, 3.05) is 6.54 Å². The molecule has 0 bridgehead atoms. The molecule has 0 heterocycles. The number of carbonyl (C=O) groups excluding carboxylic acids is 1. The zero-order chi connectivity index (χ0) is 15.2. The van der Waals surface area contributed by atoms with Crippen LogP contribution in [0.1, 0.15) is 30.7 Å². The molecule has 21 heavy (non-hydrogen) atoms. The van der Waals surface area contributed by atoms with Crippen LogP contribution in [0.25, 0.3) is 10.4 Å². The molecule has 1 saturated carbocycles. The number of azide groups is 1. The Bertz CT molecular complexity index is 569. The van der Waals surface area contributed by atoms with E-state index in [1.807, 2.05) is 6.07 Å². The second-order valence-electron chi connectivity index (χ2n) is 5.24. The average molecular weight is 288 g/mol. The van der Waals surface area contributed by atoms with Gasteiger partial charge in [-0.3, -0.25) is 14.9 Å². The van der Waals surface area contributed by atoms with E-state index in [1.54, 1.807) is 24.3 Å². The van der Waals surface area contributed by atoms with Gasteiger partial charge in [-0.1, -0.05) is 35.4 Å². The molecule has 0 saturated heterocycles. The lowest BCUT2D eigenvalue weighted by Crippen LogP contribution is -2.34. The first kappa shape index (κ1) is 15.0. The molecule has 0 unspecified atom stereocenters. The molecule has 0 aliphatic heterocycles. The summed E-state index contributed by atoms with van der Waals surface area (Å²) in [5.41, 5.74) is 9.32. The predicted molar refractivity (Wildman–Crippen MR) is 76.3 cm³/mol. The van der Waals surface area contributed by atoms with Crippen molar-refractivity contribution in [2.45, 2.75) is 31.2 Å². The van der Waals surface area contributed by atoms with Gasteiger partial charge in [-0.25, -0.2) is 0 Å². The van der Waals surface area contributed by atoms with Crippen molar-refractivity contribution in [1.29, 1.82) is 0 Å². The fourth-order valence-corrected chi connectivity index (χ4v) is 2.93. The van der Waals surface area contributed by atoms with Crippen molar-refractivity contribution in [1.82, 2.24) is 0 Å². The first-order valence-corrected chi connectivity index (χ1v) is 6.85. The average Bonchev–Trinajstić information content (AvgIpc) is 2.48. The summed E-state index contributed by atoms with van der Waals surface area (Å²) in [6.07, 6.45) is 1.23. The molecule has 0 radical (unpaired) electrons. The van der Waals surface area contributed by atoms with Crippen molar-refractivity contribution in [2.24, 2.45) is 11.0 Å². The summed E-state index contributed by atoms with van der Waals surface area (Å²) in [5, 5.41) is 14.6. The van der Waals surface area contributed by atoms with Crippen LogP contribution in [0.4, 0.5) is 0 Å². The topological polar surface area (TPSA) is 109 Å². The zero-order valence-corrected chi connectivity index (χ0v) is 11.5. The van der Waals surface area contributed by atoms with E-state index in [-0.39, 0.29) is 23.3 Å². The summed E-state index contributed by atoms with van der Waals surface area (Å²) in [7, 11) is 0. The number of carbonyl (C=O) groups is 1. The lowest BCUT2D eigenvalue weighted by Gasteiger charge is -2.30. The summed E-state index contributed by atoms with van der Waals surface area (Å²) in [4.78, 5) is 25.5. The highest BCUT2D eigenvalue weighted by molar-refractivity contribution is 5.83. The van der Waals surface area contributed by atoms with Gasteiger partial charge in [0.05, 0.1) is 5.92 Å². The number of nitro groups is 1. The molecule has 0 spiro atoms. The van der Waals surface area contributed by atoms with Gasteiger partial charge < -0.3 is 0 Å². The molecule has 3 atom stereocenters. The van der Waals surface area contributed by atoms with Gasteiger partial charge in [0.15, 0.2) is 0 Å². The largest absolute Gasteiger partial charge is 0.299 e. The smallest absolute Gasteiger partial charge is 0.211 e. The molecule has 7 nitrogen and oxygen atoms in total. The van der Waals surface area contributed by atoms with Crippen LogP contribution in [-0.4, -0.2) is 23.3 Å². The van der Waals surface area contributed by atoms with E-state index in [2.05, 4.69) is 10.0 Å². The third-order valence-corrected chi connectivity index (χ3v) is 3.94. The normalized spacial score (nSPS) is 23.1. The first-order chi connectivity index (χ1) is 10.1. The SMILES string of the molecule is [N-]=[N+]=N[C@H]1CCC(=O)[C@H]([C@@H](C[N+](=O)[O-])c2ccccc2)C1. The molecule has 0 N–H and O–H groups in total. The van der Waals surface area contributed by atoms with Crippen molar-refractivity contribution in [3.05, 3.63) is 56.5 Å². The maximum Gasteiger partial charge on any atom is 0.211 e. The number of hydrogen-bond acceptors (Lipinski definition) is 4. The minimum Gasteiger partial charge on any atom is -0.299 e. The Morgan fingerprint density at radius 3 is 2.76 bits per heavy atom. The van der Waals surface area contributed by atoms with E-state index in [4.69, 9.17) is 5.53 Å². The van der Waals surface area contributed by atoms with Gasteiger partial charge in [0.25, 0.3) is 0 Å². The van der Waals surface area contributed by atoms with Crippen LogP contribution in [0.3, 0.4) is 0 Å². The summed E-state index contributed by atoms with van der Waals surface area (Å²) in [5.74, 6) is -0.900. The van der Waals surface area contributed by atoms with Crippen molar-refractivity contribution in [3.63, 3.8) is 0 Å². The van der Waals surface area contributed by atoms with E-state index in [1.165, 1.54) is 0 Å². The number of benzene rings is 1. The second kappa shape index (κ2) is 6.85. The summed E-state index contributed by atoms with van der Waals surface area (Å²) < 4.78 is 0. The summed E-state index contributed by atoms with van der Waals surface area (Å²) in [6.45, 7) is -0.288. The van der Waals surface area contributed by atoms with Crippen LogP contribution in [-0.2, 0) is 4.79 Å². The molecular formula is C14H16N4O3. The van der Waals surface area contributed by atoms with Crippen molar-refractivity contribution in [3.8, 4) is 0 Å². The summed E-state index contributed by atoms with van der Waals surface area (Å²) >= 11 is 0.